The molecule has 0 aliphatic rings. The Kier molecular flexibility index (Phi) is 5.34. The van der Waals surface area contributed by atoms with E-state index in [9.17, 15) is 4.79 Å². The lowest BCUT2D eigenvalue weighted by molar-refractivity contribution is -0.122. The Bertz CT molecular complexity index is 595. The molecule has 0 bridgehead atoms. The zero-order valence-electron chi connectivity index (χ0n) is 12.0. The number of hydrogen-bond donors (Lipinski definition) is 3. The van der Waals surface area contributed by atoms with E-state index in [1.165, 1.54) is 11.1 Å². The molecule has 0 radical (unpaired) electrons. The first-order chi connectivity index (χ1) is 10.2. The van der Waals surface area contributed by atoms with Gasteiger partial charge in [-0.15, -0.1) is 0 Å². The fourth-order valence-electron chi connectivity index (χ4n) is 1.97. The van der Waals surface area contributed by atoms with Crippen LogP contribution < -0.4 is 10.6 Å². The molecule has 0 fully saturated rings. The van der Waals surface area contributed by atoms with Crippen molar-refractivity contribution in [3.63, 3.8) is 0 Å². The van der Waals surface area contributed by atoms with Gasteiger partial charge in [0.15, 0.2) is 0 Å². The van der Waals surface area contributed by atoms with Crippen LogP contribution in [-0.2, 0) is 17.9 Å². The maximum atomic E-state index is 11.5. The molecule has 0 saturated carbocycles. The van der Waals surface area contributed by atoms with E-state index < -0.39 is 0 Å². The summed E-state index contributed by atoms with van der Waals surface area (Å²) in [6.45, 7) is 3.12. The van der Waals surface area contributed by atoms with Crippen molar-refractivity contribution in [2.24, 2.45) is 0 Å². The zero-order chi connectivity index (χ0) is 15.1. The summed E-state index contributed by atoms with van der Waals surface area (Å²) in [7, 11) is 0. The van der Waals surface area contributed by atoms with Gasteiger partial charge in [0.25, 0.3) is 0 Å². The first-order valence-electron chi connectivity index (χ1n) is 6.87. The van der Waals surface area contributed by atoms with Crippen LogP contribution in [0.5, 0.6) is 0 Å². The molecule has 0 saturated heterocycles. The minimum atomic E-state index is -0.169. The molecule has 0 aliphatic carbocycles. The Morgan fingerprint density at radius 1 is 1.43 bits per heavy atom. The van der Waals surface area contributed by atoms with Gasteiger partial charge in [-0.1, -0.05) is 29.8 Å². The van der Waals surface area contributed by atoms with Gasteiger partial charge in [0.2, 0.25) is 5.91 Å². The van der Waals surface area contributed by atoms with Crippen LogP contribution in [0.25, 0.3) is 0 Å². The lowest BCUT2D eigenvalue weighted by Crippen LogP contribution is -2.30. The summed E-state index contributed by atoms with van der Waals surface area (Å²) in [6, 6.07) is 8.28. The molecular formula is C15H20N4O2. The van der Waals surface area contributed by atoms with Crippen LogP contribution in [0.4, 0.5) is 5.69 Å². The van der Waals surface area contributed by atoms with Gasteiger partial charge in [0.05, 0.1) is 18.5 Å². The third-order valence-electron chi connectivity index (χ3n) is 2.95. The van der Waals surface area contributed by atoms with Gasteiger partial charge in [-0.2, -0.15) is 5.10 Å². The second-order valence-electron chi connectivity index (χ2n) is 4.84. The van der Waals surface area contributed by atoms with Crippen molar-refractivity contribution in [1.29, 1.82) is 0 Å². The number of hydrogen-bond acceptors (Lipinski definition) is 4. The number of nitrogens with one attached hydrogen (secondary N) is 2. The molecule has 1 aromatic carbocycles. The molecule has 0 atom stereocenters. The number of anilines is 1. The van der Waals surface area contributed by atoms with Crippen LogP contribution in [-0.4, -0.2) is 33.9 Å². The predicted octanol–water partition coefficient (Wildman–Crippen LogP) is 0.912. The van der Waals surface area contributed by atoms with Gasteiger partial charge in [0.1, 0.15) is 6.54 Å². The van der Waals surface area contributed by atoms with Crippen LogP contribution in [0, 0.1) is 6.92 Å². The molecule has 1 amide bonds. The lowest BCUT2D eigenvalue weighted by atomic mass is 10.1. The number of carbonyl (C=O) groups excluding carboxylic acids is 1. The van der Waals surface area contributed by atoms with E-state index in [0.717, 1.165) is 5.69 Å². The average molecular weight is 288 g/mol. The highest BCUT2D eigenvalue weighted by Gasteiger charge is 2.04. The van der Waals surface area contributed by atoms with Crippen molar-refractivity contribution in [3.8, 4) is 0 Å². The third-order valence-corrected chi connectivity index (χ3v) is 2.95. The third kappa shape index (κ3) is 4.92. The highest BCUT2D eigenvalue weighted by atomic mass is 16.3. The number of nitrogens with zero attached hydrogens (tertiary/aromatic N) is 2. The molecule has 6 heteroatoms. The first kappa shape index (κ1) is 15.1. The normalized spacial score (nSPS) is 10.4. The molecule has 0 unspecified atom stereocenters. The number of rotatable bonds is 7. The summed E-state index contributed by atoms with van der Waals surface area (Å²) in [5, 5.41) is 18.6. The maximum absolute atomic E-state index is 11.5. The lowest BCUT2D eigenvalue weighted by Gasteiger charge is -2.05. The minimum Gasteiger partial charge on any atom is -0.395 e. The molecule has 1 heterocycles. The fourth-order valence-corrected chi connectivity index (χ4v) is 1.97. The Morgan fingerprint density at radius 2 is 2.29 bits per heavy atom. The summed E-state index contributed by atoms with van der Waals surface area (Å²) in [4.78, 5) is 11.5. The standard InChI is InChI=1S/C15H20N4O2/c1-12-3-2-4-13(7-12)8-17-14-9-18-19(10-14)11-15(21)16-5-6-20/h2-4,7,9-10,17,20H,5-6,8,11H2,1H3,(H,16,21). The summed E-state index contributed by atoms with van der Waals surface area (Å²) in [6.07, 6.45) is 3.48. The molecule has 0 spiro atoms. The van der Waals surface area contributed by atoms with E-state index in [1.54, 1.807) is 17.1 Å². The van der Waals surface area contributed by atoms with E-state index in [1.807, 2.05) is 6.07 Å². The Morgan fingerprint density at radius 3 is 3.05 bits per heavy atom. The fraction of sp³-hybridized carbons (Fsp3) is 0.333. The van der Waals surface area contributed by atoms with Gasteiger partial charge in [-0.05, 0) is 12.5 Å². The predicted molar refractivity (Wildman–Crippen MR) is 80.8 cm³/mol. The highest BCUT2D eigenvalue weighted by molar-refractivity contribution is 5.75. The largest absolute Gasteiger partial charge is 0.395 e. The first-order valence-corrected chi connectivity index (χ1v) is 6.87. The van der Waals surface area contributed by atoms with Crippen LogP contribution in [0.1, 0.15) is 11.1 Å². The van der Waals surface area contributed by atoms with Crippen LogP contribution in [0.3, 0.4) is 0 Å². The Balaban J connectivity index is 1.84. The molecule has 21 heavy (non-hydrogen) atoms. The number of benzene rings is 1. The smallest absolute Gasteiger partial charge is 0.241 e. The zero-order valence-corrected chi connectivity index (χ0v) is 12.0. The molecule has 0 aliphatic heterocycles. The van der Waals surface area contributed by atoms with Crippen molar-refractivity contribution in [1.82, 2.24) is 15.1 Å². The summed E-state index contributed by atoms with van der Waals surface area (Å²) in [5.74, 6) is -0.169. The molecule has 112 valence electrons. The number of carbonyl (C=O) groups is 1. The summed E-state index contributed by atoms with van der Waals surface area (Å²) >= 11 is 0. The minimum absolute atomic E-state index is 0.0614. The summed E-state index contributed by atoms with van der Waals surface area (Å²) < 4.78 is 1.56. The number of aliphatic hydroxyl groups is 1. The molecule has 3 N–H and O–H groups in total. The van der Waals surface area contributed by atoms with Gasteiger partial charge in [0, 0.05) is 19.3 Å². The molecule has 2 aromatic rings. The second kappa shape index (κ2) is 7.44. The van der Waals surface area contributed by atoms with Crippen LogP contribution >= 0.6 is 0 Å². The van der Waals surface area contributed by atoms with Crippen molar-refractivity contribution in [3.05, 3.63) is 47.8 Å². The quantitative estimate of drug-likeness (QED) is 0.707. The van der Waals surface area contributed by atoms with Crippen LogP contribution in [0.15, 0.2) is 36.7 Å². The number of aromatic nitrogens is 2. The Labute approximate surface area is 123 Å². The Hall–Kier alpha value is -2.34. The topological polar surface area (TPSA) is 79.2 Å². The summed E-state index contributed by atoms with van der Waals surface area (Å²) in [5.41, 5.74) is 3.29. The van der Waals surface area contributed by atoms with E-state index in [-0.39, 0.29) is 25.6 Å². The molecule has 6 nitrogen and oxygen atoms in total. The number of amides is 1. The van der Waals surface area contributed by atoms with E-state index in [0.29, 0.717) is 6.54 Å². The van der Waals surface area contributed by atoms with E-state index in [2.05, 4.69) is 40.9 Å². The highest BCUT2D eigenvalue weighted by Crippen LogP contribution is 2.09. The van der Waals surface area contributed by atoms with Gasteiger partial charge in [-0.3, -0.25) is 9.48 Å². The maximum Gasteiger partial charge on any atom is 0.241 e. The van der Waals surface area contributed by atoms with E-state index >= 15 is 0 Å². The molecule has 2 rings (SSSR count). The van der Waals surface area contributed by atoms with Crippen molar-refractivity contribution in [2.75, 3.05) is 18.5 Å². The molecule has 1 aromatic heterocycles. The SMILES string of the molecule is Cc1cccc(CNc2cnn(CC(=O)NCCO)c2)c1. The number of aryl methyl sites for hydroxylation is 1. The van der Waals surface area contributed by atoms with Gasteiger partial charge < -0.3 is 15.7 Å². The van der Waals surface area contributed by atoms with Crippen molar-refractivity contribution >= 4 is 11.6 Å². The van der Waals surface area contributed by atoms with Crippen LogP contribution in [0.2, 0.25) is 0 Å². The number of aliphatic hydroxyl groups excluding tert-OH is 1. The molecular weight excluding hydrogens is 268 g/mol. The average Bonchev–Trinajstić information content (AvgIpc) is 2.90. The van der Waals surface area contributed by atoms with Gasteiger partial charge in [-0.25, -0.2) is 0 Å². The second-order valence-corrected chi connectivity index (χ2v) is 4.84. The monoisotopic (exact) mass is 288 g/mol. The van der Waals surface area contributed by atoms with E-state index in [4.69, 9.17) is 5.11 Å². The van der Waals surface area contributed by atoms with Crippen molar-refractivity contribution in [2.45, 2.75) is 20.0 Å². The van der Waals surface area contributed by atoms with Gasteiger partial charge >= 0.3 is 0 Å². The van der Waals surface area contributed by atoms with Crippen molar-refractivity contribution < 1.29 is 9.90 Å².